The molecule has 5 heteroatoms. The number of carboxylic acid groups (broad SMARTS) is 1. The minimum atomic E-state index is -0.927. The van der Waals surface area contributed by atoms with Crippen LogP contribution in [0.1, 0.15) is 12.0 Å². The van der Waals surface area contributed by atoms with E-state index in [2.05, 4.69) is 5.32 Å². The standard InChI is InChI=1S/C12H16N2O3/c1-9-4-3-5-10(8-9)14(2)12(17)13-7-6-11(15)16/h3-5,8H,6-7H2,1-2H3,(H,13,17)(H,15,16). The highest BCUT2D eigenvalue weighted by atomic mass is 16.4. The molecule has 1 rings (SSSR count). The van der Waals surface area contributed by atoms with Crippen LogP contribution in [0.25, 0.3) is 0 Å². The van der Waals surface area contributed by atoms with Gasteiger partial charge in [-0.15, -0.1) is 0 Å². The Bertz CT molecular complexity index is 418. The summed E-state index contributed by atoms with van der Waals surface area (Å²) >= 11 is 0. The fourth-order valence-corrected chi connectivity index (χ4v) is 1.35. The average molecular weight is 236 g/mol. The van der Waals surface area contributed by atoms with Crippen LogP contribution in [0.2, 0.25) is 0 Å². The highest BCUT2D eigenvalue weighted by Crippen LogP contribution is 2.13. The first-order valence-corrected chi connectivity index (χ1v) is 5.30. The van der Waals surface area contributed by atoms with Gasteiger partial charge in [0.25, 0.3) is 0 Å². The Balaban J connectivity index is 2.54. The number of carbonyl (C=O) groups excluding carboxylic acids is 1. The summed E-state index contributed by atoms with van der Waals surface area (Å²) in [6.45, 7) is 2.07. The van der Waals surface area contributed by atoms with E-state index >= 15 is 0 Å². The minimum Gasteiger partial charge on any atom is -0.481 e. The highest BCUT2D eigenvalue weighted by molar-refractivity contribution is 5.91. The SMILES string of the molecule is Cc1cccc(N(C)C(=O)NCCC(=O)O)c1. The molecule has 0 atom stereocenters. The number of aliphatic carboxylic acids is 1. The van der Waals surface area contributed by atoms with Crippen molar-refractivity contribution in [3.63, 3.8) is 0 Å². The van der Waals surface area contributed by atoms with Crippen molar-refractivity contribution < 1.29 is 14.7 Å². The lowest BCUT2D eigenvalue weighted by Crippen LogP contribution is -2.38. The Kier molecular flexibility index (Phi) is 4.51. The zero-order chi connectivity index (χ0) is 12.8. The summed E-state index contributed by atoms with van der Waals surface area (Å²) in [6.07, 6.45) is -0.0760. The molecule has 0 fully saturated rings. The molecule has 0 unspecified atom stereocenters. The number of urea groups is 1. The molecule has 2 N–H and O–H groups in total. The van der Waals surface area contributed by atoms with Gasteiger partial charge in [-0.1, -0.05) is 12.1 Å². The van der Waals surface area contributed by atoms with Crippen LogP contribution >= 0.6 is 0 Å². The van der Waals surface area contributed by atoms with Gasteiger partial charge in [0, 0.05) is 19.3 Å². The molecule has 17 heavy (non-hydrogen) atoms. The second kappa shape index (κ2) is 5.89. The molecular formula is C12H16N2O3. The predicted octanol–water partition coefficient (Wildman–Crippen LogP) is 1.62. The average Bonchev–Trinajstić information content (AvgIpc) is 2.27. The molecule has 0 aromatic heterocycles. The fraction of sp³-hybridized carbons (Fsp3) is 0.333. The number of benzene rings is 1. The fourth-order valence-electron chi connectivity index (χ4n) is 1.35. The van der Waals surface area contributed by atoms with Crippen molar-refractivity contribution in [2.24, 2.45) is 0 Å². The maximum absolute atomic E-state index is 11.7. The van der Waals surface area contributed by atoms with Gasteiger partial charge in [0.1, 0.15) is 0 Å². The van der Waals surface area contributed by atoms with Crippen LogP contribution in [0.5, 0.6) is 0 Å². The third kappa shape index (κ3) is 4.14. The Hall–Kier alpha value is -2.04. The van der Waals surface area contributed by atoms with E-state index in [0.717, 1.165) is 11.3 Å². The van der Waals surface area contributed by atoms with Crippen molar-refractivity contribution >= 4 is 17.7 Å². The highest BCUT2D eigenvalue weighted by Gasteiger charge is 2.10. The number of nitrogens with zero attached hydrogens (tertiary/aromatic N) is 1. The number of hydrogen-bond acceptors (Lipinski definition) is 2. The van der Waals surface area contributed by atoms with E-state index in [9.17, 15) is 9.59 Å². The van der Waals surface area contributed by atoms with Gasteiger partial charge >= 0.3 is 12.0 Å². The molecule has 0 saturated heterocycles. The Morgan fingerprint density at radius 2 is 2.12 bits per heavy atom. The number of hydrogen-bond donors (Lipinski definition) is 2. The lowest BCUT2D eigenvalue weighted by atomic mass is 10.2. The molecule has 0 radical (unpaired) electrons. The molecule has 5 nitrogen and oxygen atoms in total. The molecule has 0 saturated carbocycles. The third-order valence-corrected chi connectivity index (χ3v) is 2.31. The molecule has 1 aromatic rings. The molecule has 0 aliphatic rings. The largest absolute Gasteiger partial charge is 0.481 e. The van der Waals surface area contributed by atoms with E-state index in [-0.39, 0.29) is 19.0 Å². The molecule has 0 bridgehead atoms. The summed E-state index contributed by atoms with van der Waals surface area (Å²) in [4.78, 5) is 23.4. The van der Waals surface area contributed by atoms with Gasteiger partial charge in [-0.05, 0) is 24.6 Å². The topological polar surface area (TPSA) is 69.6 Å². The summed E-state index contributed by atoms with van der Waals surface area (Å²) < 4.78 is 0. The Labute approximate surface area is 100 Å². The molecule has 0 aliphatic carbocycles. The molecule has 1 aromatic carbocycles. The monoisotopic (exact) mass is 236 g/mol. The molecule has 0 heterocycles. The van der Waals surface area contributed by atoms with E-state index in [4.69, 9.17) is 5.11 Å². The first kappa shape index (κ1) is 13.0. The second-order valence-corrected chi connectivity index (χ2v) is 3.77. The summed E-state index contributed by atoms with van der Waals surface area (Å²) in [6, 6.07) is 7.21. The van der Waals surface area contributed by atoms with Gasteiger partial charge < -0.3 is 10.4 Å². The quantitative estimate of drug-likeness (QED) is 0.834. The van der Waals surface area contributed by atoms with E-state index in [1.165, 1.54) is 4.90 Å². The van der Waals surface area contributed by atoms with Crippen LogP contribution < -0.4 is 10.2 Å². The van der Waals surface area contributed by atoms with Crippen LogP contribution in [-0.4, -0.2) is 30.7 Å². The Morgan fingerprint density at radius 1 is 1.41 bits per heavy atom. The lowest BCUT2D eigenvalue weighted by molar-refractivity contribution is -0.136. The third-order valence-electron chi connectivity index (χ3n) is 2.31. The first-order valence-electron chi connectivity index (χ1n) is 5.30. The number of anilines is 1. The number of rotatable bonds is 4. The zero-order valence-electron chi connectivity index (χ0n) is 9.93. The van der Waals surface area contributed by atoms with Crippen molar-refractivity contribution in [3.05, 3.63) is 29.8 Å². The zero-order valence-corrected chi connectivity index (χ0v) is 9.93. The molecular weight excluding hydrogens is 220 g/mol. The summed E-state index contributed by atoms with van der Waals surface area (Å²) in [5.41, 5.74) is 1.84. The molecule has 92 valence electrons. The van der Waals surface area contributed by atoms with E-state index < -0.39 is 5.97 Å². The maximum Gasteiger partial charge on any atom is 0.321 e. The van der Waals surface area contributed by atoms with Crippen LogP contribution in [0.15, 0.2) is 24.3 Å². The minimum absolute atomic E-state index is 0.0760. The smallest absolute Gasteiger partial charge is 0.321 e. The van der Waals surface area contributed by atoms with E-state index in [1.54, 1.807) is 7.05 Å². The number of aryl methyl sites for hydroxylation is 1. The Morgan fingerprint density at radius 3 is 2.71 bits per heavy atom. The van der Waals surface area contributed by atoms with Crippen LogP contribution in [0.4, 0.5) is 10.5 Å². The van der Waals surface area contributed by atoms with Crippen LogP contribution in [0, 0.1) is 6.92 Å². The number of carboxylic acids is 1. The summed E-state index contributed by atoms with van der Waals surface area (Å²) in [5, 5.41) is 11.0. The van der Waals surface area contributed by atoms with Gasteiger partial charge in [0.05, 0.1) is 6.42 Å². The van der Waals surface area contributed by atoms with Crippen molar-refractivity contribution in [2.75, 3.05) is 18.5 Å². The maximum atomic E-state index is 11.7. The van der Waals surface area contributed by atoms with Crippen LogP contribution in [0.3, 0.4) is 0 Å². The van der Waals surface area contributed by atoms with Gasteiger partial charge in [0.2, 0.25) is 0 Å². The van der Waals surface area contributed by atoms with E-state index in [0.29, 0.717) is 0 Å². The van der Waals surface area contributed by atoms with Crippen molar-refractivity contribution in [2.45, 2.75) is 13.3 Å². The van der Waals surface area contributed by atoms with Gasteiger partial charge in [-0.3, -0.25) is 9.69 Å². The number of nitrogens with one attached hydrogen (secondary N) is 1. The van der Waals surface area contributed by atoms with Crippen LogP contribution in [-0.2, 0) is 4.79 Å². The van der Waals surface area contributed by atoms with Gasteiger partial charge in [-0.25, -0.2) is 4.79 Å². The van der Waals surface area contributed by atoms with Gasteiger partial charge in [-0.2, -0.15) is 0 Å². The second-order valence-electron chi connectivity index (χ2n) is 3.77. The lowest BCUT2D eigenvalue weighted by Gasteiger charge is -2.18. The van der Waals surface area contributed by atoms with E-state index in [1.807, 2.05) is 31.2 Å². The summed E-state index contributed by atoms with van der Waals surface area (Å²) in [7, 11) is 1.64. The van der Waals surface area contributed by atoms with Crippen molar-refractivity contribution in [1.82, 2.24) is 5.32 Å². The van der Waals surface area contributed by atoms with Crippen molar-refractivity contribution in [3.8, 4) is 0 Å². The predicted molar refractivity (Wildman–Crippen MR) is 65.2 cm³/mol. The number of amides is 2. The number of carbonyl (C=O) groups is 2. The van der Waals surface area contributed by atoms with Gasteiger partial charge in [0.15, 0.2) is 0 Å². The normalized spacial score (nSPS) is 9.76. The summed E-state index contributed by atoms with van der Waals surface area (Å²) in [5.74, 6) is -0.927. The molecule has 0 spiro atoms. The molecule has 2 amide bonds. The first-order chi connectivity index (χ1) is 8.00. The molecule has 0 aliphatic heterocycles. The van der Waals surface area contributed by atoms with Crippen molar-refractivity contribution in [1.29, 1.82) is 0 Å².